The molecule has 1 amide bonds. The van der Waals surface area contributed by atoms with Crippen LogP contribution in [0.3, 0.4) is 0 Å². The van der Waals surface area contributed by atoms with E-state index >= 15 is 0 Å². The lowest BCUT2D eigenvalue weighted by atomic mass is 9.88. The Labute approximate surface area is 210 Å². The van der Waals surface area contributed by atoms with Gasteiger partial charge in [-0.3, -0.25) is 4.79 Å². The van der Waals surface area contributed by atoms with Crippen LogP contribution in [0.2, 0.25) is 0 Å². The summed E-state index contributed by atoms with van der Waals surface area (Å²) in [5.74, 6) is 2.03. The largest absolute Gasteiger partial charge is 0.457 e. The van der Waals surface area contributed by atoms with E-state index in [9.17, 15) is 4.79 Å². The molecule has 36 heavy (non-hydrogen) atoms. The number of carbonyl (C=O) groups excluding carboxylic acids is 1. The van der Waals surface area contributed by atoms with E-state index < -0.39 is 0 Å². The lowest BCUT2D eigenvalue weighted by molar-refractivity contribution is -0.132. The van der Waals surface area contributed by atoms with Crippen LogP contribution in [0.4, 0.5) is 5.82 Å². The molecule has 0 aliphatic carbocycles. The van der Waals surface area contributed by atoms with Crippen molar-refractivity contribution in [3.8, 4) is 22.8 Å². The van der Waals surface area contributed by atoms with Crippen LogP contribution in [0.5, 0.6) is 11.5 Å². The first-order valence-electron chi connectivity index (χ1n) is 12.2. The molecular formula is C28H30N6O2. The molecule has 184 valence electrons. The summed E-state index contributed by atoms with van der Waals surface area (Å²) in [5, 5.41) is 5.75. The number of aromatic nitrogens is 4. The van der Waals surface area contributed by atoms with Gasteiger partial charge in [0, 0.05) is 12.1 Å². The van der Waals surface area contributed by atoms with Crippen LogP contribution in [-0.4, -0.2) is 43.1 Å². The van der Waals surface area contributed by atoms with E-state index in [1.165, 1.54) is 12.4 Å². The summed E-state index contributed by atoms with van der Waals surface area (Å²) < 4.78 is 7.89. The molecule has 1 fully saturated rings. The minimum Gasteiger partial charge on any atom is -0.457 e. The maximum absolute atomic E-state index is 12.7. The van der Waals surface area contributed by atoms with Crippen molar-refractivity contribution in [1.82, 2.24) is 24.6 Å². The monoisotopic (exact) mass is 482 g/mol. The number of hydrogen-bond acceptors (Lipinski definition) is 6. The zero-order valence-corrected chi connectivity index (χ0v) is 20.5. The fourth-order valence-electron chi connectivity index (χ4n) is 5.18. The topological polar surface area (TPSA) is 99.2 Å². The number of likely N-dealkylation sites (tertiary alicyclic amines) is 1. The molecule has 3 heterocycles. The van der Waals surface area contributed by atoms with Crippen LogP contribution in [-0.2, 0) is 4.79 Å². The Balaban J connectivity index is 1.56. The molecule has 2 aromatic carbocycles. The summed E-state index contributed by atoms with van der Waals surface area (Å²) in [5.41, 5.74) is 8.62. The standard InChI is InChI=1S/C28H30N6O2/c1-4-23(35)33-16-8-11-22(26(33)18(2)3)34-28-24(27(29)30-17-31-28)25(32-34)19-12-14-21(15-13-19)36-20-9-6-5-7-10-20/h4-7,9-10,12-15,17-18,22,26H,1,8,11,16H2,2-3H3,(H2,29,30,31)/t22-,26?/m1/s1. The number of piperidine rings is 1. The minimum atomic E-state index is -0.0572. The number of benzene rings is 2. The maximum Gasteiger partial charge on any atom is 0.246 e. The SMILES string of the molecule is C=CC(=O)N1CCC[C@@H](n2nc(-c3ccc(Oc4ccccc4)cc3)c3c(N)ncnc32)C1C(C)C. The smallest absolute Gasteiger partial charge is 0.246 e. The van der Waals surface area contributed by atoms with Crippen LogP contribution < -0.4 is 10.5 Å². The van der Waals surface area contributed by atoms with E-state index in [2.05, 4.69) is 30.4 Å². The Kier molecular flexibility index (Phi) is 6.41. The minimum absolute atomic E-state index is 0.0435. The third-order valence-electron chi connectivity index (χ3n) is 6.73. The molecule has 1 unspecified atom stereocenters. The highest BCUT2D eigenvalue weighted by molar-refractivity contribution is 5.98. The highest BCUT2D eigenvalue weighted by Crippen LogP contribution is 2.38. The number of fused-ring (bicyclic) bond motifs is 1. The number of amides is 1. The first-order chi connectivity index (χ1) is 17.5. The highest BCUT2D eigenvalue weighted by atomic mass is 16.5. The molecule has 8 nitrogen and oxygen atoms in total. The third-order valence-corrected chi connectivity index (χ3v) is 6.73. The van der Waals surface area contributed by atoms with Crippen LogP contribution in [0.25, 0.3) is 22.3 Å². The molecule has 0 saturated carbocycles. The van der Waals surface area contributed by atoms with Crippen molar-refractivity contribution in [3.63, 3.8) is 0 Å². The van der Waals surface area contributed by atoms with Crippen LogP contribution >= 0.6 is 0 Å². The van der Waals surface area contributed by atoms with E-state index in [4.69, 9.17) is 15.6 Å². The van der Waals surface area contributed by atoms with Gasteiger partial charge in [-0.05, 0) is 61.2 Å². The van der Waals surface area contributed by atoms with E-state index in [0.717, 1.165) is 29.9 Å². The quantitative estimate of drug-likeness (QED) is 0.377. The zero-order valence-electron chi connectivity index (χ0n) is 20.5. The molecule has 4 aromatic rings. The van der Waals surface area contributed by atoms with E-state index in [1.807, 2.05) is 64.2 Å². The van der Waals surface area contributed by atoms with Gasteiger partial charge in [0.2, 0.25) is 5.91 Å². The van der Waals surface area contributed by atoms with Crippen molar-refractivity contribution in [2.75, 3.05) is 12.3 Å². The Bertz CT molecular complexity index is 1380. The molecule has 0 radical (unpaired) electrons. The van der Waals surface area contributed by atoms with Crippen LogP contribution in [0.1, 0.15) is 32.7 Å². The van der Waals surface area contributed by atoms with Crippen molar-refractivity contribution in [3.05, 3.63) is 73.6 Å². The average Bonchev–Trinajstić information content (AvgIpc) is 3.29. The number of carbonyl (C=O) groups is 1. The van der Waals surface area contributed by atoms with E-state index in [-0.39, 0.29) is 23.9 Å². The van der Waals surface area contributed by atoms with Crippen LogP contribution in [0.15, 0.2) is 73.6 Å². The van der Waals surface area contributed by atoms with E-state index in [1.54, 1.807) is 0 Å². The molecule has 0 bridgehead atoms. The summed E-state index contributed by atoms with van der Waals surface area (Å²) in [6.45, 7) is 8.68. The predicted octanol–water partition coefficient (Wildman–Crippen LogP) is 5.24. The van der Waals surface area contributed by atoms with Crippen molar-refractivity contribution >= 4 is 22.8 Å². The Morgan fingerprint density at radius 1 is 1.11 bits per heavy atom. The van der Waals surface area contributed by atoms with Gasteiger partial charge in [-0.25, -0.2) is 14.6 Å². The van der Waals surface area contributed by atoms with Gasteiger partial charge in [-0.1, -0.05) is 38.6 Å². The number of nitrogen functional groups attached to an aromatic ring is 1. The fraction of sp³-hybridized carbons (Fsp3) is 0.286. The first kappa shape index (κ1) is 23.5. The lowest BCUT2D eigenvalue weighted by Crippen LogP contribution is -2.51. The summed E-state index contributed by atoms with van der Waals surface area (Å²) in [6.07, 6.45) is 4.61. The summed E-state index contributed by atoms with van der Waals surface area (Å²) in [7, 11) is 0. The number of hydrogen-bond donors (Lipinski definition) is 1. The van der Waals surface area contributed by atoms with E-state index in [0.29, 0.717) is 29.1 Å². The maximum atomic E-state index is 12.7. The Hall–Kier alpha value is -4.20. The normalized spacial score (nSPS) is 17.9. The number of anilines is 1. The van der Waals surface area contributed by atoms with Crippen molar-refractivity contribution in [2.24, 2.45) is 5.92 Å². The molecule has 1 aliphatic heterocycles. The summed E-state index contributed by atoms with van der Waals surface area (Å²) >= 11 is 0. The van der Waals surface area contributed by atoms with Crippen molar-refractivity contribution in [2.45, 2.75) is 38.8 Å². The second kappa shape index (κ2) is 9.81. The van der Waals surface area contributed by atoms with Gasteiger partial charge >= 0.3 is 0 Å². The predicted molar refractivity (Wildman–Crippen MR) is 140 cm³/mol. The average molecular weight is 483 g/mol. The van der Waals surface area contributed by atoms with Gasteiger partial charge in [0.25, 0.3) is 0 Å². The number of nitrogens with zero attached hydrogens (tertiary/aromatic N) is 5. The Morgan fingerprint density at radius 2 is 1.83 bits per heavy atom. The van der Waals surface area contributed by atoms with Crippen LogP contribution in [0, 0.1) is 5.92 Å². The molecule has 2 N–H and O–H groups in total. The Morgan fingerprint density at radius 3 is 2.53 bits per heavy atom. The van der Waals surface area contributed by atoms with Gasteiger partial charge in [-0.2, -0.15) is 5.10 Å². The van der Waals surface area contributed by atoms with Crippen molar-refractivity contribution in [1.29, 1.82) is 0 Å². The number of rotatable bonds is 6. The molecule has 8 heteroatoms. The molecule has 1 aliphatic rings. The molecule has 1 saturated heterocycles. The lowest BCUT2D eigenvalue weighted by Gasteiger charge is -2.43. The molecule has 5 rings (SSSR count). The van der Waals surface area contributed by atoms with Gasteiger partial charge in [0.15, 0.2) is 5.65 Å². The third kappa shape index (κ3) is 4.30. The highest BCUT2D eigenvalue weighted by Gasteiger charge is 2.38. The zero-order chi connectivity index (χ0) is 25.2. The molecule has 2 atom stereocenters. The second-order valence-corrected chi connectivity index (χ2v) is 9.37. The van der Waals surface area contributed by atoms with Gasteiger partial charge < -0.3 is 15.4 Å². The van der Waals surface area contributed by atoms with Gasteiger partial charge in [0.1, 0.15) is 29.3 Å². The van der Waals surface area contributed by atoms with Crippen molar-refractivity contribution < 1.29 is 9.53 Å². The molecule has 2 aromatic heterocycles. The summed E-state index contributed by atoms with van der Waals surface area (Å²) in [6, 6.07) is 17.3. The van der Waals surface area contributed by atoms with Gasteiger partial charge in [-0.15, -0.1) is 0 Å². The first-order valence-corrected chi connectivity index (χ1v) is 12.2. The fourth-order valence-corrected chi connectivity index (χ4v) is 5.18. The number of nitrogens with two attached hydrogens (primary N) is 1. The molecule has 0 spiro atoms. The second-order valence-electron chi connectivity index (χ2n) is 9.37. The molecular weight excluding hydrogens is 452 g/mol. The summed E-state index contributed by atoms with van der Waals surface area (Å²) in [4.78, 5) is 23.4. The number of para-hydroxylation sites is 1. The van der Waals surface area contributed by atoms with Gasteiger partial charge in [0.05, 0.1) is 17.5 Å². The number of ether oxygens (including phenoxy) is 1.